The molecule has 1 amide bonds. The molecule has 0 saturated heterocycles. The summed E-state index contributed by atoms with van der Waals surface area (Å²) in [6.45, 7) is 8.14. The predicted octanol–water partition coefficient (Wildman–Crippen LogP) is 4.81. The molecule has 34 heavy (non-hydrogen) atoms. The quantitative estimate of drug-likeness (QED) is 0.589. The van der Waals surface area contributed by atoms with E-state index >= 15 is 0 Å². The van der Waals surface area contributed by atoms with Crippen LogP contribution in [0, 0.1) is 26.7 Å². The first kappa shape index (κ1) is 26.3. The van der Waals surface area contributed by atoms with E-state index < -0.39 is 0 Å². The smallest absolute Gasteiger partial charge is 0.255 e. The molecule has 0 radical (unpaired) electrons. The van der Waals surface area contributed by atoms with Crippen molar-refractivity contribution in [2.75, 3.05) is 19.4 Å². The Morgan fingerprint density at radius 1 is 1.15 bits per heavy atom. The molecule has 7 heteroatoms. The molecule has 1 aliphatic rings. The van der Waals surface area contributed by atoms with Crippen LogP contribution in [0.5, 0.6) is 0 Å². The summed E-state index contributed by atoms with van der Waals surface area (Å²) < 4.78 is 1.61. The predicted molar refractivity (Wildman–Crippen MR) is 141 cm³/mol. The van der Waals surface area contributed by atoms with Gasteiger partial charge in [0.15, 0.2) is 0 Å². The maximum absolute atomic E-state index is 13.1. The van der Waals surface area contributed by atoms with Gasteiger partial charge in [0.25, 0.3) is 11.5 Å². The first-order chi connectivity index (χ1) is 16.0. The molecule has 2 N–H and O–H groups in total. The number of rotatable bonds is 7. The highest BCUT2D eigenvalue weighted by atomic mass is 35.5. The Kier molecular flexibility index (Phi) is 8.47. The van der Waals surface area contributed by atoms with E-state index in [1.807, 2.05) is 32.9 Å². The molecule has 1 saturated carbocycles. The van der Waals surface area contributed by atoms with Crippen molar-refractivity contribution in [3.05, 3.63) is 61.5 Å². The Morgan fingerprint density at radius 2 is 1.79 bits per heavy atom. The zero-order chi connectivity index (χ0) is 25.2. The number of nitrogens with zero attached hydrogens (tertiary/aromatic N) is 2. The van der Waals surface area contributed by atoms with Gasteiger partial charge in [0.2, 0.25) is 0 Å². The first-order valence-corrected chi connectivity index (χ1v) is 12.5. The summed E-state index contributed by atoms with van der Waals surface area (Å²) in [5.74, 6) is 0.358. The number of pyridine rings is 1. The Morgan fingerprint density at radius 3 is 2.41 bits per heavy atom. The molecule has 1 unspecified atom stereocenters. The normalized spacial score (nSPS) is 19.2. The standard InChI is InChI=1S/C27H39ClN4O2/c1-16-12-17(2)32(7)27(34)24(16)15-29-26(33)23-13-21(28)14-25(18(23)3)30-19(4)20-8-10-22(11-9-20)31(5)6/h12-14,19-20,22,30H,8-11,15H2,1-7H3,(H,29,33)/t19?,20-,22-. The first-order valence-electron chi connectivity index (χ1n) is 12.2. The van der Waals surface area contributed by atoms with Gasteiger partial charge in [-0.2, -0.15) is 0 Å². The number of halogens is 1. The van der Waals surface area contributed by atoms with E-state index in [2.05, 4.69) is 36.6 Å². The van der Waals surface area contributed by atoms with Crippen LogP contribution in [0.15, 0.2) is 23.0 Å². The van der Waals surface area contributed by atoms with Gasteiger partial charge in [-0.15, -0.1) is 0 Å². The molecule has 1 atom stereocenters. The Labute approximate surface area is 208 Å². The number of aryl methyl sites for hydroxylation is 2. The highest BCUT2D eigenvalue weighted by Gasteiger charge is 2.27. The van der Waals surface area contributed by atoms with Gasteiger partial charge in [0.1, 0.15) is 0 Å². The van der Waals surface area contributed by atoms with E-state index in [0.29, 0.717) is 28.1 Å². The lowest BCUT2D eigenvalue weighted by Crippen LogP contribution is -2.36. The van der Waals surface area contributed by atoms with Crippen molar-refractivity contribution in [1.29, 1.82) is 0 Å². The molecule has 1 fully saturated rings. The van der Waals surface area contributed by atoms with E-state index in [1.54, 1.807) is 17.7 Å². The maximum Gasteiger partial charge on any atom is 0.255 e. The third kappa shape index (κ3) is 5.84. The van der Waals surface area contributed by atoms with Gasteiger partial charge in [0, 0.05) is 53.2 Å². The van der Waals surface area contributed by atoms with Gasteiger partial charge in [-0.3, -0.25) is 9.59 Å². The van der Waals surface area contributed by atoms with Crippen molar-refractivity contribution in [3.63, 3.8) is 0 Å². The number of amides is 1. The summed E-state index contributed by atoms with van der Waals surface area (Å²) in [5, 5.41) is 7.08. The molecule has 0 bridgehead atoms. The van der Waals surface area contributed by atoms with Gasteiger partial charge in [-0.05, 0) is 103 Å². The van der Waals surface area contributed by atoms with Crippen molar-refractivity contribution in [1.82, 2.24) is 14.8 Å². The number of nitrogens with one attached hydrogen (secondary N) is 2. The minimum Gasteiger partial charge on any atom is -0.382 e. The fraction of sp³-hybridized carbons (Fsp3) is 0.556. The summed E-state index contributed by atoms with van der Waals surface area (Å²) in [7, 11) is 6.06. The third-order valence-electron chi connectivity index (χ3n) is 7.60. The van der Waals surface area contributed by atoms with Crippen molar-refractivity contribution in [2.45, 2.75) is 72.0 Å². The lowest BCUT2D eigenvalue weighted by Gasteiger charge is -2.36. The minimum absolute atomic E-state index is 0.0826. The summed E-state index contributed by atoms with van der Waals surface area (Å²) in [4.78, 5) is 28.1. The highest BCUT2D eigenvalue weighted by Crippen LogP contribution is 2.32. The number of benzene rings is 1. The molecule has 0 aliphatic heterocycles. The van der Waals surface area contributed by atoms with Crippen molar-refractivity contribution in [2.24, 2.45) is 13.0 Å². The number of aromatic nitrogens is 1. The van der Waals surface area contributed by atoms with E-state index in [0.717, 1.165) is 22.5 Å². The fourth-order valence-corrected chi connectivity index (χ4v) is 5.27. The van der Waals surface area contributed by atoms with Gasteiger partial charge < -0.3 is 20.1 Å². The Hall–Kier alpha value is -2.31. The Balaban J connectivity index is 1.72. The van der Waals surface area contributed by atoms with E-state index in [-0.39, 0.29) is 24.1 Å². The van der Waals surface area contributed by atoms with Crippen molar-refractivity contribution >= 4 is 23.2 Å². The monoisotopic (exact) mass is 486 g/mol. The number of anilines is 1. The molecule has 186 valence electrons. The van der Waals surface area contributed by atoms with Gasteiger partial charge in [-0.25, -0.2) is 0 Å². The molecule has 2 aromatic rings. The van der Waals surface area contributed by atoms with Crippen LogP contribution in [0.25, 0.3) is 0 Å². The SMILES string of the molecule is Cc1cc(C)n(C)c(=O)c1CNC(=O)c1cc(Cl)cc(NC(C)[C@H]2CC[C@H](N(C)C)CC2)c1C. The Bertz CT molecular complexity index is 1100. The van der Waals surface area contributed by atoms with Gasteiger partial charge >= 0.3 is 0 Å². The molecular weight excluding hydrogens is 448 g/mol. The summed E-state index contributed by atoms with van der Waals surface area (Å²) in [6.07, 6.45) is 4.80. The lowest BCUT2D eigenvalue weighted by atomic mass is 9.81. The molecule has 1 aliphatic carbocycles. The van der Waals surface area contributed by atoms with Crippen molar-refractivity contribution in [3.8, 4) is 0 Å². The zero-order valence-corrected chi connectivity index (χ0v) is 22.3. The highest BCUT2D eigenvalue weighted by molar-refractivity contribution is 6.31. The van der Waals surface area contributed by atoms with Crippen LogP contribution < -0.4 is 16.2 Å². The van der Waals surface area contributed by atoms with E-state index in [4.69, 9.17) is 11.6 Å². The largest absolute Gasteiger partial charge is 0.382 e. The zero-order valence-electron chi connectivity index (χ0n) is 21.6. The molecule has 6 nitrogen and oxygen atoms in total. The topological polar surface area (TPSA) is 66.4 Å². The molecule has 3 rings (SSSR count). The number of hydrogen-bond donors (Lipinski definition) is 2. The third-order valence-corrected chi connectivity index (χ3v) is 7.82. The maximum atomic E-state index is 13.1. The number of carbonyl (C=O) groups is 1. The molecular formula is C27H39ClN4O2. The van der Waals surface area contributed by atoms with Crippen molar-refractivity contribution < 1.29 is 4.79 Å². The molecule has 0 spiro atoms. The van der Waals surface area contributed by atoms with Crippen LogP contribution in [0.1, 0.15) is 65.3 Å². The van der Waals surface area contributed by atoms with Gasteiger partial charge in [-0.1, -0.05) is 11.6 Å². The molecule has 1 heterocycles. The van der Waals surface area contributed by atoms with Crippen LogP contribution in [-0.2, 0) is 13.6 Å². The second-order valence-corrected chi connectivity index (χ2v) is 10.5. The van der Waals surface area contributed by atoms with E-state index in [1.165, 1.54) is 25.7 Å². The molecule has 1 aromatic heterocycles. The van der Waals surface area contributed by atoms with Crippen LogP contribution in [0.3, 0.4) is 0 Å². The second kappa shape index (κ2) is 11.0. The van der Waals surface area contributed by atoms with Crippen LogP contribution in [0.4, 0.5) is 5.69 Å². The summed E-state index contributed by atoms with van der Waals surface area (Å²) in [5.41, 5.74) is 4.57. The minimum atomic E-state index is -0.232. The summed E-state index contributed by atoms with van der Waals surface area (Å²) in [6, 6.07) is 6.51. The molecule has 1 aromatic carbocycles. The van der Waals surface area contributed by atoms with E-state index in [9.17, 15) is 9.59 Å². The van der Waals surface area contributed by atoms with Gasteiger partial charge in [0.05, 0.1) is 0 Å². The number of hydrogen-bond acceptors (Lipinski definition) is 4. The average molecular weight is 487 g/mol. The fourth-order valence-electron chi connectivity index (χ4n) is 5.05. The lowest BCUT2D eigenvalue weighted by molar-refractivity contribution is 0.0950. The van der Waals surface area contributed by atoms with Crippen LogP contribution >= 0.6 is 11.6 Å². The van der Waals surface area contributed by atoms with Crippen LogP contribution in [0.2, 0.25) is 5.02 Å². The number of carbonyl (C=O) groups excluding carboxylic acids is 1. The average Bonchev–Trinajstić information content (AvgIpc) is 2.79. The summed E-state index contributed by atoms with van der Waals surface area (Å²) >= 11 is 6.42. The van der Waals surface area contributed by atoms with Crippen LogP contribution in [-0.4, -0.2) is 41.6 Å². The second-order valence-electron chi connectivity index (χ2n) is 10.1.